The molecule has 2 fully saturated rings. The smallest absolute Gasteiger partial charge is 0.119 e. The topological polar surface area (TPSA) is 57.5 Å². The molecule has 2 aliphatic rings. The number of rotatable bonds is 11. The molecular weight excluding hydrogens is 432 g/mol. The summed E-state index contributed by atoms with van der Waals surface area (Å²) in [7, 11) is 0. The fraction of sp³-hybridized carbons (Fsp3) is 0.719. The first-order valence-electron chi connectivity index (χ1n) is 13.8. The second kappa shape index (κ2) is 15.5. The van der Waals surface area contributed by atoms with E-state index in [0.29, 0.717) is 17.3 Å². The molecule has 0 heterocycles. The van der Waals surface area contributed by atoms with Gasteiger partial charge in [-0.15, -0.1) is 12.5 Å². The summed E-state index contributed by atoms with van der Waals surface area (Å²) >= 11 is 0. The maximum Gasteiger partial charge on any atom is 0.119 e. The van der Waals surface area contributed by atoms with E-state index in [4.69, 9.17) is 4.79 Å². The Kier molecular flexibility index (Phi) is 13.9. The molecule has 0 aromatic carbocycles. The Morgan fingerprint density at radius 2 is 2.00 bits per heavy atom. The SMILES string of the molecule is C=CC(O)C(CCCC)CC/C(C)=C/C=C1\CCCC2(C)C(CCC#CC(C)(C)O)CCC12.C=O. The van der Waals surface area contributed by atoms with Crippen molar-refractivity contribution in [3.63, 3.8) is 0 Å². The fourth-order valence-corrected chi connectivity index (χ4v) is 6.24. The Bertz CT molecular complexity index is 760. The number of hydrogen-bond donors (Lipinski definition) is 2. The Morgan fingerprint density at radius 1 is 1.29 bits per heavy atom. The third-order valence-electron chi connectivity index (χ3n) is 8.32. The highest BCUT2D eigenvalue weighted by molar-refractivity contribution is 5.24. The molecule has 2 N–H and O–H groups in total. The van der Waals surface area contributed by atoms with E-state index in [1.807, 2.05) is 6.79 Å². The summed E-state index contributed by atoms with van der Waals surface area (Å²) in [5.41, 5.74) is 2.60. The van der Waals surface area contributed by atoms with Crippen LogP contribution in [0.5, 0.6) is 0 Å². The van der Waals surface area contributed by atoms with Crippen LogP contribution in [0.2, 0.25) is 0 Å². The number of fused-ring (bicyclic) bond motifs is 1. The highest BCUT2D eigenvalue weighted by Crippen LogP contribution is 2.58. The monoisotopic (exact) mass is 484 g/mol. The van der Waals surface area contributed by atoms with Gasteiger partial charge in [-0.1, -0.05) is 62.0 Å². The number of aliphatic hydroxyl groups is 2. The van der Waals surface area contributed by atoms with Crippen molar-refractivity contribution in [2.45, 2.75) is 123 Å². The lowest BCUT2D eigenvalue weighted by Crippen LogP contribution is -2.33. The molecule has 0 spiro atoms. The summed E-state index contributed by atoms with van der Waals surface area (Å²) in [6.07, 6.45) is 20.2. The van der Waals surface area contributed by atoms with Crippen molar-refractivity contribution >= 4 is 6.79 Å². The van der Waals surface area contributed by atoms with Crippen LogP contribution in [0.1, 0.15) is 112 Å². The molecule has 0 amide bonds. The first kappa shape index (κ1) is 31.4. The summed E-state index contributed by atoms with van der Waals surface area (Å²) < 4.78 is 0. The molecule has 2 saturated carbocycles. The number of aliphatic hydroxyl groups excluding tert-OH is 1. The lowest BCUT2D eigenvalue weighted by Gasteiger charge is -2.42. The lowest BCUT2D eigenvalue weighted by molar-refractivity contribution is -0.0980. The van der Waals surface area contributed by atoms with E-state index in [9.17, 15) is 10.2 Å². The number of carbonyl (C=O) groups is 1. The lowest BCUT2D eigenvalue weighted by atomic mass is 9.63. The van der Waals surface area contributed by atoms with Crippen LogP contribution in [0.25, 0.3) is 0 Å². The number of hydrogen-bond acceptors (Lipinski definition) is 3. The molecule has 0 aromatic heterocycles. The molecule has 198 valence electrons. The predicted octanol–water partition coefficient (Wildman–Crippen LogP) is 7.58. The molecule has 5 atom stereocenters. The molecule has 0 aliphatic heterocycles. The van der Waals surface area contributed by atoms with Crippen molar-refractivity contribution in [1.82, 2.24) is 0 Å². The normalized spacial score (nSPS) is 27.2. The maximum absolute atomic E-state index is 10.3. The molecule has 35 heavy (non-hydrogen) atoms. The van der Waals surface area contributed by atoms with Gasteiger partial charge in [-0.3, -0.25) is 0 Å². The van der Waals surface area contributed by atoms with Crippen molar-refractivity contribution in [2.24, 2.45) is 23.2 Å². The molecule has 5 unspecified atom stereocenters. The van der Waals surface area contributed by atoms with Crippen LogP contribution >= 0.6 is 0 Å². The van der Waals surface area contributed by atoms with Gasteiger partial charge in [0.15, 0.2) is 0 Å². The van der Waals surface area contributed by atoms with Crippen LogP contribution in [0.15, 0.2) is 36.0 Å². The van der Waals surface area contributed by atoms with Gasteiger partial charge in [-0.05, 0) is 102 Å². The van der Waals surface area contributed by atoms with Crippen LogP contribution in [-0.2, 0) is 4.79 Å². The molecule has 0 radical (unpaired) electrons. The predicted molar refractivity (Wildman–Crippen MR) is 149 cm³/mol. The molecule has 0 saturated heterocycles. The van der Waals surface area contributed by atoms with E-state index < -0.39 is 5.60 Å². The van der Waals surface area contributed by atoms with Gasteiger partial charge in [0.2, 0.25) is 0 Å². The minimum absolute atomic E-state index is 0.325. The summed E-state index contributed by atoms with van der Waals surface area (Å²) in [5.74, 6) is 7.97. The number of unbranched alkanes of at least 4 members (excludes halogenated alkanes) is 1. The molecule has 0 bridgehead atoms. The number of allylic oxidation sites excluding steroid dienone is 4. The highest BCUT2D eigenvalue weighted by Gasteiger charge is 2.48. The standard InChI is InChI=1S/C31H50O2.CH2O/c1-7-9-13-26(29(32)8-2)19-17-24(3)16-18-25-14-12-23-31(6)27(20-21-28(25)31)15-10-11-22-30(4,5)33;1-2/h8,16,18,26-29,32-33H,2,7,9-10,12-15,17,19-21,23H2,1,3-6H3;1H2/b24-16+,25-18+;. The van der Waals surface area contributed by atoms with Crippen molar-refractivity contribution in [3.8, 4) is 11.8 Å². The summed E-state index contributed by atoms with van der Waals surface area (Å²) in [5, 5.41) is 20.1. The molecule has 2 rings (SSSR count). The Balaban J connectivity index is 0.00000298. The highest BCUT2D eigenvalue weighted by atomic mass is 16.3. The quantitative estimate of drug-likeness (QED) is 0.235. The second-order valence-corrected chi connectivity index (χ2v) is 11.5. The zero-order valence-electron chi connectivity index (χ0n) is 23.2. The summed E-state index contributed by atoms with van der Waals surface area (Å²) in [6, 6.07) is 0. The van der Waals surface area contributed by atoms with Crippen LogP contribution in [0, 0.1) is 35.0 Å². The van der Waals surface area contributed by atoms with Gasteiger partial charge in [0.25, 0.3) is 0 Å². The Morgan fingerprint density at radius 3 is 2.63 bits per heavy atom. The second-order valence-electron chi connectivity index (χ2n) is 11.5. The van der Waals surface area contributed by atoms with Gasteiger partial charge in [-0.25, -0.2) is 0 Å². The maximum atomic E-state index is 10.3. The van der Waals surface area contributed by atoms with Gasteiger partial charge in [0.1, 0.15) is 12.4 Å². The fourth-order valence-electron chi connectivity index (χ4n) is 6.24. The molecule has 0 aromatic rings. The largest absolute Gasteiger partial charge is 0.389 e. The van der Waals surface area contributed by atoms with Gasteiger partial charge >= 0.3 is 0 Å². The first-order chi connectivity index (χ1) is 16.6. The van der Waals surface area contributed by atoms with E-state index in [0.717, 1.165) is 38.0 Å². The van der Waals surface area contributed by atoms with Gasteiger partial charge < -0.3 is 15.0 Å². The molecule has 3 heteroatoms. The van der Waals surface area contributed by atoms with Gasteiger partial charge in [0, 0.05) is 6.42 Å². The zero-order valence-corrected chi connectivity index (χ0v) is 23.2. The van der Waals surface area contributed by atoms with Gasteiger partial charge in [0.05, 0.1) is 6.10 Å². The molecule has 2 aliphatic carbocycles. The van der Waals surface area contributed by atoms with Crippen molar-refractivity contribution < 1.29 is 15.0 Å². The van der Waals surface area contributed by atoms with E-state index in [-0.39, 0.29) is 6.10 Å². The zero-order chi connectivity index (χ0) is 26.5. The first-order valence-corrected chi connectivity index (χ1v) is 13.8. The van der Waals surface area contributed by atoms with E-state index in [1.165, 1.54) is 50.5 Å². The minimum atomic E-state index is -0.882. The average molecular weight is 485 g/mol. The van der Waals surface area contributed by atoms with Crippen molar-refractivity contribution in [3.05, 3.63) is 36.0 Å². The van der Waals surface area contributed by atoms with E-state index in [1.54, 1.807) is 25.5 Å². The molecule has 3 nitrogen and oxygen atoms in total. The number of carbonyl (C=O) groups excluding carboxylic acids is 1. The van der Waals surface area contributed by atoms with Gasteiger partial charge in [-0.2, -0.15) is 0 Å². The molecular formula is C32H52O3. The van der Waals surface area contributed by atoms with Crippen LogP contribution in [0.3, 0.4) is 0 Å². The summed E-state index contributed by atoms with van der Waals surface area (Å²) in [6.45, 7) is 16.3. The van der Waals surface area contributed by atoms with Crippen LogP contribution in [0.4, 0.5) is 0 Å². The van der Waals surface area contributed by atoms with E-state index >= 15 is 0 Å². The van der Waals surface area contributed by atoms with Crippen LogP contribution in [-0.4, -0.2) is 28.7 Å². The van der Waals surface area contributed by atoms with Crippen molar-refractivity contribution in [1.29, 1.82) is 0 Å². The van der Waals surface area contributed by atoms with Crippen LogP contribution < -0.4 is 0 Å². The third-order valence-corrected chi connectivity index (χ3v) is 8.32. The Labute approximate surface area is 216 Å². The third kappa shape index (κ3) is 10.1. The van der Waals surface area contributed by atoms with Crippen molar-refractivity contribution in [2.75, 3.05) is 0 Å². The van der Waals surface area contributed by atoms with E-state index in [2.05, 4.69) is 51.3 Å². The minimum Gasteiger partial charge on any atom is -0.389 e. The Hall–Kier alpha value is -1.63. The summed E-state index contributed by atoms with van der Waals surface area (Å²) in [4.78, 5) is 8.00. The average Bonchev–Trinajstić information content (AvgIpc) is 3.17.